The summed E-state index contributed by atoms with van der Waals surface area (Å²) in [6.07, 6.45) is 4.52. The zero-order valence-corrected chi connectivity index (χ0v) is 11.1. The molecule has 1 N–H and O–H groups in total. The van der Waals surface area contributed by atoms with Crippen molar-refractivity contribution in [1.82, 2.24) is 10.3 Å². The number of hydrogen-bond donors (Lipinski definition) is 1. The van der Waals surface area contributed by atoms with Gasteiger partial charge in [0, 0.05) is 18.5 Å². The van der Waals surface area contributed by atoms with Gasteiger partial charge in [0.1, 0.15) is 10.6 Å². The van der Waals surface area contributed by atoms with Gasteiger partial charge in [-0.15, -0.1) is 11.3 Å². The molecule has 0 atom stereocenters. The lowest BCUT2D eigenvalue weighted by Crippen LogP contribution is -2.35. The number of methoxy groups -OCH3 is 1. The van der Waals surface area contributed by atoms with Gasteiger partial charge in [0.05, 0.1) is 5.69 Å². The summed E-state index contributed by atoms with van der Waals surface area (Å²) in [6.45, 7) is 3.08. The molecule has 1 fully saturated rings. The number of aromatic nitrogens is 1. The minimum atomic E-state index is -0.0550. The first-order chi connectivity index (χ1) is 7.75. The second-order valence-corrected chi connectivity index (χ2v) is 5.41. The third-order valence-electron chi connectivity index (χ3n) is 3.39. The Balaban J connectivity index is 2.27. The van der Waals surface area contributed by atoms with Crippen LogP contribution in [0.15, 0.2) is 0 Å². The predicted octanol–water partition coefficient (Wildman–Crippen LogP) is 2.45. The first-order valence-electron chi connectivity index (χ1n) is 5.94. The van der Waals surface area contributed by atoms with Crippen LogP contribution in [-0.4, -0.2) is 19.1 Å². The summed E-state index contributed by atoms with van der Waals surface area (Å²) in [5.41, 5.74) is 1.18. The topological polar surface area (TPSA) is 34.1 Å². The van der Waals surface area contributed by atoms with Gasteiger partial charge in [-0.3, -0.25) is 0 Å². The van der Waals surface area contributed by atoms with Crippen LogP contribution in [0, 0.1) is 0 Å². The molecule has 1 aliphatic carbocycles. The van der Waals surface area contributed by atoms with Crippen molar-refractivity contribution in [3.63, 3.8) is 0 Å². The maximum Gasteiger partial charge on any atom is 0.125 e. The average Bonchev–Trinajstić information content (AvgIpc) is 2.61. The third kappa shape index (κ3) is 1.90. The average molecular weight is 240 g/mol. The summed E-state index contributed by atoms with van der Waals surface area (Å²) in [4.78, 5) is 6.13. The van der Waals surface area contributed by atoms with Crippen molar-refractivity contribution in [1.29, 1.82) is 0 Å². The summed E-state index contributed by atoms with van der Waals surface area (Å²) in [6, 6.07) is 0. The van der Waals surface area contributed by atoms with Crippen molar-refractivity contribution in [2.24, 2.45) is 0 Å². The van der Waals surface area contributed by atoms with E-state index >= 15 is 0 Å². The van der Waals surface area contributed by atoms with E-state index in [4.69, 9.17) is 9.72 Å². The Bertz CT molecular complexity index is 352. The fourth-order valence-electron chi connectivity index (χ4n) is 2.16. The van der Waals surface area contributed by atoms with Crippen LogP contribution in [0.2, 0.25) is 0 Å². The molecular weight excluding hydrogens is 220 g/mol. The van der Waals surface area contributed by atoms with E-state index in [-0.39, 0.29) is 5.60 Å². The molecule has 0 bridgehead atoms. The molecule has 1 heterocycles. The lowest BCUT2D eigenvalue weighted by Gasteiger charge is -2.38. The quantitative estimate of drug-likeness (QED) is 0.858. The van der Waals surface area contributed by atoms with Crippen LogP contribution in [0.3, 0.4) is 0 Å². The molecule has 3 nitrogen and oxygen atoms in total. The molecule has 1 saturated carbocycles. The molecule has 2 rings (SSSR count). The van der Waals surface area contributed by atoms with E-state index in [9.17, 15) is 0 Å². The van der Waals surface area contributed by atoms with Crippen LogP contribution < -0.4 is 5.32 Å². The standard InChI is InChI=1S/C12H20N2OS/c1-4-9-10(8-13-2)16-11(14-9)12(15-3)6-5-7-12/h13H,4-8H2,1-3H3. The van der Waals surface area contributed by atoms with Crippen molar-refractivity contribution < 1.29 is 4.74 Å². The summed E-state index contributed by atoms with van der Waals surface area (Å²) in [5.74, 6) is 0. The van der Waals surface area contributed by atoms with Crippen LogP contribution in [0.1, 0.15) is 41.8 Å². The van der Waals surface area contributed by atoms with E-state index in [0.717, 1.165) is 25.8 Å². The number of aryl methyl sites for hydroxylation is 1. The minimum Gasteiger partial charge on any atom is -0.371 e. The summed E-state index contributed by atoms with van der Waals surface area (Å²) in [5, 5.41) is 4.39. The fourth-order valence-corrected chi connectivity index (χ4v) is 3.54. The second-order valence-electron chi connectivity index (χ2n) is 4.32. The fraction of sp³-hybridized carbons (Fsp3) is 0.750. The molecule has 90 valence electrons. The van der Waals surface area contributed by atoms with Gasteiger partial charge in [0.15, 0.2) is 0 Å². The molecule has 0 saturated heterocycles. The van der Waals surface area contributed by atoms with Gasteiger partial charge in [-0.2, -0.15) is 0 Å². The van der Waals surface area contributed by atoms with E-state index in [1.807, 2.05) is 25.5 Å². The highest BCUT2D eigenvalue weighted by atomic mass is 32.1. The zero-order valence-electron chi connectivity index (χ0n) is 10.3. The van der Waals surface area contributed by atoms with Crippen LogP contribution in [0.4, 0.5) is 0 Å². The van der Waals surface area contributed by atoms with E-state index in [2.05, 4.69) is 12.2 Å². The molecule has 0 amide bonds. The van der Waals surface area contributed by atoms with Crippen molar-refractivity contribution in [3.05, 3.63) is 15.6 Å². The molecule has 0 aliphatic heterocycles. The van der Waals surface area contributed by atoms with E-state index in [1.54, 1.807) is 0 Å². The summed E-state index contributed by atoms with van der Waals surface area (Å²) >= 11 is 1.82. The normalized spacial score (nSPS) is 18.4. The number of hydrogen-bond acceptors (Lipinski definition) is 4. The highest BCUT2D eigenvalue weighted by Crippen LogP contribution is 2.46. The van der Waals surface area contributed by atoms with Crippen molar-refractivity contribution in [3.8, 4) is 0 Å². The van der Waals surface area contributed by atoms with Crippen molar-refractivity contribution >= 4 is 11.3 Å². The van der Waals surface area contributed by atoms with Crippen LogP contribution in [0.25, 0.3) is 0 Å². The maximum absolute atomic E-state index is 5.68. The maximum atomic E-state index is 5.68. The van der Waals surface area contributed by atoms with Crippen molar-refractivity contribution in [2.75, 3.05) is 14.2 Å². The Hall–Kier alpha value is -0.450. The predicted molar refractivity (Wildman–Crippen MR) is 66.8 cm³/mol. The van der Waals surface area contributed by atoms with E-state index in [1.165, 1.54) is 22.0 Å². The SMILES string of the molecule is CCc1nc(C2(OC)CCC2)sc1CNC. The summed E-state index contributed by atoms with van der Waals surface area (Å²) in [7, 11) is 3.79. The molecule has 0 aromatic carbocycles. The Morgan fingerprint density at radius 3 is 2.69 bits per heavy atom. The van der Waals surface area contributed by atoms with E-state index < -0.39 is 0 Å². The molecule has 1 aromatic rings. The number of rotatable bonds is 5. The lowest BCUT2D eigenvalue weighted by molar-refractivity contribution is -0.0780. The molecule has 16 heavy (non-hydrogen) atoms. The highest BCUT2D eigenvalue weighted by molar-refractivity contribution is 7.11. The van der Waals surface area contributed by atoms with Gasteiger partial charge >= 0.3 is 0 Å². The molecule has 1 aromatic heterocycles. The Morgan fingerprint density at radius 2 is 2.25 bits per heavy atom. The van der Waals surface area contributed by atoms with E-state index in [0.29, 0.717) is 0 Å². The molecule has 4 heteroatoms. The monoisotopic (exact) mass is 240 g/mol. The van der Waals surface area contributed by atoms with Gasteiger partial charge in [-0.25, -0.2) is 4.98 Å². The number of nitrogens with zero attached hydrogens (tertiary/aromatic N) is 1. The van der Waals surface area contributed by atoms with Gasteiger partial charge in [-0.05, 0) is 32.7 Å². The largest absolute Gasteiger partial charge is 0.371 e. The Morgan fingerprint density at radius 1 is 1.50 bits per heavy atom. The number of nitrogens with one attached hydrogen (secondary N) is 1. The first kappa shape index (κ1) is 12.0. The Kier molecular flexibility index (Phi) is 3.62. The molecule has 1 aliphatic rings. The van der Waals surface area contributed by atoms with Crippen LogP contribution >= 0.6 is 11.3 Å². The first-order valence-corrected chi connectivity index (χ1v) is 6.76. The third-order valence-corrected chi connectivity index (χ3v) is 4.68. The molecular formula is C12H20N2OS. The summed E-state index contributed by atoms with van der Waals surface area (Å²) < 4.78 is 5.68. The molecule has 0 unspecified atom stereocenters. The van der Waals surface area contributed by atoms with Gasteiger partial charge in [0.25, 0.3) is 0 Å². The number of ether oxygens (including phenoxy) is 1. The molecule has 0 radical (unpaired) electrons. The highest BCUT2D eigenvalue weighted by Gasteiger charge is 2.42. The van der Waals surface area contributed by atoms with Crippen LogP contribution in [0.5, 0.6) is 0 Å². The Labute approximate surface area is 101 Å². The lowest BCUT2D eigenvalue weighted by atomic mass is 9.80. The second kappa shape index (κ2) is 4.82. The molecule has 0 spiro atoms. The van der Waals surface area contributed by atoms with Gasteiger partial charge in [-0.1, -0.05) is 6.92 Å². The van der Waals surface area contributed by atoms with Gasteiger partial charge < -0.3 is 10.1 Å². The number of thiazole rings is 1. The van der Waals surface area contributed by atoms with Gasteiger partial charge in [0.2, 0.25) is 0 Å². The van der Waals surface area contributed by atoms with Crippen molar-refractivity contribution in [2.45, 2.75) is 44.8 Å². The van der Waals surface area contributed by atoms with Crippen LogP contribution in [-0.2, 0) is 23.3 Å². The zero-order chi connectivity index (χ0) is 11.6. The minimum absolute atomic E-state index is 0.0550. The smallest absolute Gasteiger partial charge is 0.125 e.